The molecule has 1 aliphatic carbocycles. The Hall–Kier alpha value is -1.36. The molecule has 1 amide bonds. The summed E-state index contributed by atoms with van der Waals surface area (Å²) in [6.45, 7) is 3.84. The topological polar surface area (TPSA) is 50.2 Å². The Balaban J connectivity index is 1.97. The van der Waals surface area contributed by atoms with Crippen LogP contribution in [0.5, 0.6) is 0 Å². The van der Waals surface area contributed by atoms with Crippen molar-refractivity contribution in [3.05, 3.63) is 18.0 Å². The quantitative estimate of drug-likeness (QED) is 0.893. The molecule has 1 N–H and O–H groups in total. The van der Waals surface area contributed by atoms with Gasteiger partial charge in [0.2, 0.25) is 0 Å². The standard InChI is InChI=1S/C15H26N4O/c1-4-19-10-9-14(17-19)15(20)16-13-8-6-5-7-12(13)11-18(2)3/h9-10,12-13H,4-8,11H2,1-3H3,(H,16,20). The lowest BCUT2D eigenvalue weighted by Gasteiger charge is -2.33. The molecule has 1 saturated carbocycles. The molecule has 1 heterocycles. The molecule has 2 rings (SSSR count). The van der Waals surface area contributed by atoms with Crippen LogP contribution in [0.4, 0.5) is 0 Å². The highest BCUT2D eigenvalue weighted by atomic mass is 16.2. The summed E-state index contributed by atoms with van der Waals surface area (Å²) in [5.74, 6) is 0.517. The van der Waals surface area contributed by atoms with E-state index in [4.69, 9.17) is 0 Å². The smallest absolute Gasteiger partial charge is 0.272 e. The number of hydrogen-bond acceptors (Lipinski definition) is 3. The zero-order valence-corrected chi connectivity index (χ0v) is 12.8. The molecule has 0 spiro atoms. The molecule has 5 nitrogen and oxygen atoms in total. The van der Waals surface area contributed by atoms with Crippen molar-refractivity contribution >= 4 is 5.91 Å². The summed E-state index contributed by atoms with van der Waals surface area (Å²) >= 11 is 0. The van der Waals surface area contributed by atoms with Gasteiger partial charge in [-0.2, -0.15) is 5.10 Å². The van der Waals surface area contributed by atoms with Gasteiger partial charge in [0.05, 0.1) is 0 Å². The first-order valence-corrected chi connectivity index (χ1v) is 7.59. The van der Waals surface area contributed by atoms with Crippen molar-refractivity contribution in [2.45, 2.75) is 45.2 Å². The van der Waals surface area contributed by atoms with Gasteiger partial charge in [-0.1, -0.05) is 12.8 Å². The zero-order chi connectivity index (χ0) is 14.5. The van der Waals surface area contributed by atoms with Crippen molar-refractivity contribution in [1.82, 2.24) is 20.0 Å². The van der Waals surface area contributed by atoms with Crippen LogP contribution in [-0.4, -0.2) is 47.3 Å². The van der Waals surface area contributed by atoms with Gasteiger partial charge >= 0.3 is 0 Å². The molecule has 1 fully saturated rings. The fourth-order valence-electron chi connectivity index (χ4n) is 2.99. The van der Waals surface area contributed by atoms with Gasteiger partial charge in [-0.3, -0.25) is 9.48 Å². The normalized spacial score (nSPS) is 23.0. The van der Waals surface area contributed by atoms with Crippen molar-refractivity contribution in [1.29, 1.82) is 0 Å². The molecule has 2 unspecified atom stereocenters. The van der Waals surface area contributed by atoms with Gasteiger partial charge in [0.25, 0.3) is 5.91 Å². The van der Waals surface area contributed by atoms with Crippen molar-refractivity contribution in [3.8, 4) is 0 Å². The highest BCUT2D eigenvalue weighted by molar-refractivity contribution is 5.92. The molecular formula is C15H26N4O. The van der Waals surface area contributed by atoms with E-state index in [2.05, 4.69) is 29.4 Å². The lowest BCUT2D eigenvalue weighted by atomic mass is 9.84. The minimum atomic E-state index is -0.0344. The third-order valence-corrected chi connectivity index (χ3v) is 4.02. The van der Waals surface area contributed by atoms with Gasteiger partial charge in [0, 0.05) is 25.3 Å². The van der Waals surface area contributed by atoms with E-state index < -0.39 is 0 Å². The number of hydrogen-bond donors (Lipinski definition) is 1. The summed E-state index contributed by atoms with van der Waals surface area (Å²) in [4.78, 5) is 14.5. The highest BCUT2D eigenvalue weighted by Crippen LogP contribution is 2.25. The van der Waals surface area contributed by atoms with Crippen LogP contribution in [0.25, 0.3) is 0 Å². The third kappa shape index (κ3) is 3.82. The van der Waals surface area contributed by atoms with Crippen LogP contribution in [-0.2, 0) is 6.54 Å². The largest absolute Gasteiger partial charge is 0.348 e. The van der Waals surface area contributed by atoms with Crippen LogP contribution < -0.4 is 5.32 Å². The summed E-state index contributed by atoms with van der Waals surface area (Å²) < 4.78 is 1.78. The number of amides is 1. The maximum atomic E-state index is 12.3. The van der Waals surface area contributed by atoms with Crippen molar-refractivity contribution < 1.29 is 4.79 Å². The van der Waals surface area contributed by atoms with E-state index in [1.807, 2.05) is 13.1 Å². The average Bonchev–Trinajstić information content (AvgIpc) is 2.89. The van der Waals surface area contributed by atoms with Gasteiger partial charge in [-0.15, -0.1) is 0 Å². The fraction of sp³-hybridized carbons (Fsp3) is 0.733. The summed E-state index contributed by atoms with van der Waals surface area (Å²) in [5, 5.41) is 7.46. The van der Waals surface area contributed by atoms with Gasteiger partial charge in [-0.05, 0) is 45.8 Å². The Morgan fingerprint density at radius 3 is 2.85 bits per heavy atom. The summed E-state index contributed by atoms with van der Waals surface area (Å²) in [6.07, 6.45) is 6.62. The SMILES string of the molecule is CCn1ccc(C(=O)NC2CCCCC2CN(C)C)n1. The van der Waals surface area contributed by atoms with Crippen LogP contribution in [0.15, 0.2) is 12.3 Å². The van der Waals surface area contributed by atoms with Gasteiger partial charge in [-0.25, -0.2) is 0 Å². The number of carbonyl (C=O) groups is 1. The Morgan fingerprint density at radius 1 is 1.45 bits per heavy atom. The Morgan fingerprint density at radius 2 is 2.20 bits per heavy atom. The molecule has 0 saturated heterocycles. The van der Waals surface area contributed by atoms with E-state index in [1.165, 1.54) is 19.3 Å². The molecule has 5 heteroatoms. The first kappa shape index (κ1) is 15.0. The second-order valence-corrected chi connectivity index (χ2v) is 5.94. The predicted molar refractivity (Wildman–Crippen MR) is 79.7 cm³/mol. The first-order chi connectivity index (χ1) is 9.60. The predicted octanol–water partition coefficient (Wildman–Crippen LogP) is 1.75. The van der Waals surface area contributed by atoms with Crippen molar-refractivity contribution in [3.63, 3.8) is 0 Å². The monoisotopic (exact) mass is 278 g/mol. The number of rotatable bonds is 5. The Bertz CT molecular complexity index is 441. The molecule has 0 aliphatic heterocycles. The number of aromatic nitrogens is 2. The molecule has 0 bridgehead atoms. The minimum Gasteiger partial charge on any atom is -0.348 e. The number of nitrogens with one attached hydrogen (secondary N) is 1. The first-order valence-electron chi connectivity index (χ1n) is 7.59. The van der Waals surface area contributed by atoms with Gasteiger partial charge < -0.3 is 10.2 Å². The second kappa shape index (κ2) is 6.88. The van der Waals surface area contributed by atoms with E-state index in [0.29, 0.717) is 11.6 Å². The van der Waals surface area contributed by atoms with Crippen LogP contribution in [0, 0.1) is 5.92 Å². The van der Waals surface area contributed by atoms with E-state index in [9.17, 15) is 4.79 Å². The number of carbonyl (C=O) groups excluding carboxylic acids is 1. The Kier molecular flexibility index (Phi) is 5.17. The van der Waals surface area contributed by atoms with Crippen LogP contribution >= 0.6 is 0 Å². The second-order valence-electron chi connectivity index (χ2n) is 5.94. The molecule has 2 atom stereocenters. The van der Waals surface area contributed by atoms with Crippen LogP contribution in [0.2, 0.25) is 0 Å². The van der Waals surface area contributed by atoms with E-state index in [1.54, 1.807) is 10.7 Å². The molecule has 112 valence electrons. The average molecular weight is 278 g/mol. The van der Waals surface area contributed by atoms with Crippen molar-refractivity contribution in [2.75, 3.05) is 20.6 Å². The maximum Gasteiger partial charge on any atom is 0.272 e. The van der Waals surface area contributed by atoms with E-state index in [0.717, 1.165) is 19.5 Å². The Labute approximate surface area is 121 Å². The molecule has 0 radical (unpaired) electrons. The minimum absolute atomic E-state index is 0.0344. The summed E-state index contributed by atoms with van der Waals surface area (Å²) in [6, 6.07) is 2.08. The van der Waals surface area contributed by atoms with Crippen molar-refractivity contribution in [2.24, 2.45) is 5.92 Å². The molecular weight excluding hydrogens is 252 g/mol. The lowest BCUT2D eigenvalue weighted by molar-refractivity contribution is 0.0889. The fourth-order valence-corrected chi connectivity index (χ4v) is 2.99. The van der Waals surface area contributed by atoms with E-state index >= 15 is 0 Å². The van der Waals surface area contributed by atoms with Gasteiger partial charge in [0.1, 0.15) is 5.69 Å². The maximum absolute atomic E-state index is 12.3. The molecule has 1 aliphatic rings. The summed E-state index contributed by atoms with van der Waals surface area (Å²) in [7, 11) is 4.19. The van der Waals surface area contributed by atoms with Crippen LogP contribution in [0.1, 0.15) is 43.1 Å². The lowest BCUT2D eigenvalue weighted by Crippen LogP contribution is -2.45. The third-order valence-electron chi connectivity index (χ3n) is 4.02. The van der Waals surface area contributed by atoms with Crippen LogP contribution in [0.3, 0.4) is 0 Å². The van der Waals surface area contributed by atoms with Gasteiger partial charge in [0.15, 0.2) is 0 Å². The molecule has 0 aromatic carbocycles. The van der Waals surface area contributed by atoms with E-state index in [-0.39, 0.29) is 11.9 Å². The number of aryl methyl sites for hydroxylation is 1. The summed E-state index contributed by atoms with van der Waals surface area (Å²) in [5.41, 5.74) is 0.529. The molecule has 1 aromatic heterocycles. The highest BCUT2D eigenvalue weighted by Gasteiger charge is 2.27. The number of nitrogens with zero attached hydrogens (tertiary/aromatic N) is 3. The molecule has 1 aromatic rings. The molecule has 20 heavy (non-hydrogen) atoms. The zero-order valence-electron chi connectivity index (χ0n) is 12.8.